The van der Waals surface area contributed by atoms with Crippen molar-refractivity contribution in [3.8, 4) is 5.75 Å². The number of aryl methyl sites for hydroxylation is 2. The van der Waals surface area contributed by atoms with Crippen molar-refractivity contribution in [1.82, 2.24) is 5.32 Å². The topological polar surface area (TPSA) is 75.7 Å². The number of carbonyl (C=O) groups excluding carboxylic acids is 1. The molecule has 158 valence electrons. The summed E-state index contributed by atoms with van der Waals surface area (Å²) in [5, 5.41) is 2.90. The number of nitrogens with one attached hydrogen (secondary N) is 1. The zero-order valence-electron chi connectivity index (χ0n) is 17.3. The van der Waals surface area contributed by atoms with Gasteiger partial charge in [-0.2, -0.15) is 0 Å². The summed E-state index contributed by atoms with van der Waals surface area (Å²) in [6.07, 6.45) is 3.62. The smallest absolute Gasteiger partial charge is 0.232 e. The van der Waals surface area contributed by atoms with Gasteiger partial charge in [-0.05, 0) is 56.0 Å². The third-order valence-electron chi connectivity index (χ3n) is 4.59. The largest absolute Gasteiger partial charge is 0.497 e. The molecule has 2 aromatic carbocycles. The lowest BCUT2D eigenvalue weighted by atomic mass is 10.1. The number of rotatable bonds is 11. The number of sulfonamides is 1. The Labute approximate surface area is 173 Å². The molecule has 0 unspecified atom stereocenters. The Bertz CT molecular complexity index is 895. The third kappa shape index (κ3) is 7.77. The maximum Gasteiger partial charge on any atom is 0.232 e. The van der Waals surface area contributed by atoms with Crippen molar-refractivity contribution in [3.05, 3.63) is 59.7 Å². The second-order valence-corrected chi connectivity index (χ2v) is 8.99. The Morgan fingerprint density at radius 3 is 2.48 bits per heavy atom. The first-order valence-corrected chi connectivity index (χ1v) is 11.6. The fraction of sp³-hybridized carbons (Fsp3) is 0.409. The van der Waals surface area contributed by atoms with Gasteiger partial charge in [0.05, 0.1) is 19.1 Å². The first-order chi connectivity index (χ1) is 13.8. The maximum absolute atomic E-state index is 12.1. The highest BCUT2D eigenvalue weighted by Crippen LogP contribution is 2.19. The Morgan fingerprint density at radius 1 is 1.10 bits per heavy atom. The normalized spacial score (nSPS) is 11.1. The van der Waals surface area contributed by atoms with Crippen molar-refractivity contribution >= 4 is 21.6 Å². The van der Waals surface area contributed by atoms with Gasteiger partial charge < -0.3 is 10.1 Å². The van der Waals surface area contributed by atoms with Crippen LogP contribution in [0.3, 0.4) is 0 Å². The van der Waals surface area contributed by atoms with Crippen LogP contribution in [0.5, 0.6) is 5.75 Å². The molecule has 0 saturated carbocycles. The van der Waals surface area contributed by atoms with Crippen LogP contribution in [-0.2, 0) is 21.2 Å². The number of hydrogen-bond acceptors (Lipinski definition) is 4. The van der Waals surface area contributed by atoms with Crippen LogP contribution in [0.2, 0.25) is 0 Å². The molecular weight excluding hydrogens is 388 g/mol. The predicted octanol–water partition coefficient (Wildman–Crippen LogP) is 3.30. The van der Waals surface area contributed by atoms with Crippen LogP contribution in [0.15, 0.2) is 48.5 Å². The summed E-state index contributed by atoms with van der Waals surface area (Å²) in [5.41, 5.74) is 2.85. The Kier molecular flexibility index (Phi) is 8.51. The lowest BCUT2D eigenvalue weighted by Gasteiger charge is -2.22. The monoisotopic (exact) mass is 418 g/mol. The van der Waals surface area contributed by atoms with Crippen LogP contribution < -0.4 is 14.4 Å². The van der Waals surface area contributed by atoms with E-state index in [1.165, 1.54) is 16.1 Å². The van der Waals surface area contributed by atoms with Crippen LogP contribution in [-0.4, -0.2) is 40.8 Å². The molecule has 0 aliphatic rings. The van der Waals surface area contributed by atoms with Crippen molar-refractivity contribution in [2.24, 2.45) is 0 Å². The van der Waals surface area contributed by atoms with Gasteiger partial charge in [0.1, 0.15) is 5.75 Å². The molecule has 7 heteroatoms. The molecule has 0 aliphatic carbocycles. The minimum absolute atomic E-state index is 0.0620. The number of nitrogens with zero attached hydrogens (tertiary/aromatic N) is 1. The second-order valence-electron chi connectivity index (χ2n) is 7.08. The molecule has 0 heterocycles. The second kappa shape index (κ2) is 10.9. The summed E-state index contributed by atoms with van der Waals surface area (Å²) in [6, 6.07) is 15.2. The molecule has 0 saturated heterocycles. The molecule has 0 aromatic heterocycles. The van der Waals surface area contributed by atoms with E-state index in [1.54, 1.807) is 19.2 Å². The fourth-order valence-corrected chi connectivity index (χ4v) is 3.98. The van der Waals surface area contributed by atoms with Crippen molar-refractivity contribution < 1.29 is 17.9 Å². The molecule has 0 spiro atoms. The minimum Gasteiger partial charge on any atom is -0.497 e. The maximum atomic E-state index is 12.1. The van der Waals surface area contributed by atoms with E-state index in [-0.39, 0.29) is 18.9 Å². The molecule has 1 N–H and O–H groups in total. The standard InChI is InChI=1S/C22H30N2O4S/c1-18-11-13-20(14-12-18)24(29(3,26)27)16-6-10-22(25)23-15-5-8-19-7-4-9-21(17-19)28-2/h4,7,9,11-14,17H,5-6,8,10,15-16H2,1-3H3,(H,23,25). The summed E-state index contributed by atoms with van der Waals surface area (Å²) < 4.78 is 30.8. The number of benzene rings is 2. The number of amides is 1. The van der Waals surface area contributed by atoms with Crippen LogP contribution >= 0.6 is 0 Å². The van der Waals surface area contributed by atoms with Gasteiger partial charge in [-0.15, -0.1) is 0 Å². The SMILES string of the molecule is COc1cccc(CCCNC(=O)CCCN(c2ccc(C)cc2)S(C)(=O)=O)c1. The highest BCUT2D eigenvalue weighted by Gasteiger charge is 2.17. The minimum atomic E-state index is -3.39. The molecule has 6 nitrogen and oxygen atoms in total. The van der Waals surface area contributed by atoms with E-state index in [1.807, 2.05) is 43.3 Å². The number of carbonyl (C=O) groups is 1. The Hall–Kier alpha value is -2.54. The molecule has 1 amide bonds. The van der Waals surface area contributed by atoms with E-state index >= 15 is 0 Å². The van der Waals surface area contributed by atoms with E-state index < -0.39 is 10.0 Å². The fourth-order valence-electron chi connectivity index (χ4n) is 3.02. The zero-order valence-corrected chi connectivity index (χ0v) is 18.2. The van der Waals surface area contributed by atoms with Crippen LogP contribution in [0.1, 0.15) is 30.4 Å². The van der Waals surface area contributed by atoms with Crippen LogP contribution in [0.25, 0.3) is 0 Å². The van der Waals surface area contributed by atoms with E-state index in [0.717, 1.165) is 24.2 Å². The molecular formula is C22H30N2O4S. The average Bonchev–Trinajstić information content (AvgIpc) is 2.69. The summed E-state index contributed by atoms with van der Waals surface area (Å²) in [7, 11) is -1.75. The van der Waals surface area contributed by atoms with E-state index in [0.29, 0.717) is 18.7 Å². The average molecular weight is 419 g/mol. The molecule has 2 aromatic rings. The highest BCUT2D eigenvalue weighted by molar-refractivity contribution is 7.92. The number of hydrogen-bond donors (Lipinski definition) is 1. The van der Waals surface area contributed by atoms with Gasteiger partial charge in [-0.3, -0.25) is 9.10 Å². The van der Waals surface area contributed by atoms with E-state index in [2.05, 4.69) is 5.32 Å². The van der Waals surface area contributed by atoms with Gasteiger partial charge in [-0.25, -0.2) is 8.42 Å². The third-order valence-corrected chi connectivity index (χ3v) is 5.78. The van der Waals surface area contributed by atoms with Crippen molar-refractivity contribution in [2.75, 3.05) is 30.8 Å². The van der Waals surface area contributed by atoms with Crippen LogP contribution in [0.4, 0.5) is 5.69 Å². The number of methoxy groups -OCH3 is 1. The number of ether oxygens (including phenoxy) is 1. The van der Waals surface area contributed by atoms with E-state index in [9.17, 15) is 13.2 Å². The summed E-state index contributed by atoms with van der Waals surface area (Å²) >= 11 is 0. The first-order valence-electron chi connectivity index (χ1n) is 9.73. The zero-order chi connectivity index (χ0) is 21.3. The quantitative estimate of drug-likeness (QED) is 0.568. The molecule has 29 heavy (non-hydrogen) atoms. The van der Waals surface area contributed by atoms with Crippen molar-refractivity contribution in [3.63, 3.8) is 0 Å². The Morgan fingerprint density at radius 2 is 1.83 bits per heavy atom. The van der Waals surface area contributed by atoms with Gasteiger partial charge in [0.15, 0.2) is 0 Å². The van der Waals surface area contributed by atoms with Gasteiger partial charge in [0, 0.05) is 19.5 Å². The lowest BCUT2D eigenvalue weighted by molar-refractivity contribution is -0.121. The van der Waals surface area contributed by atoms with Gasteiger partial charge in [0.2, 0.25) is 15.9 Å². The summed E-state index contributed by atoms with van der Waals surface area (Å²) in [6.45, 7) is 2.82. The molecule has 0 fully saturated rings. The number of anilines is 1. The highest BCUT2D eigenvalue weighted by atomic mass is 32.2. The van der Waals surface area contributed by atoms with Gasteiger partial charge >= 0.3 is 0 Å². The van der Waals surface area contributed by atoms with Crippen LogP contribution in [0, 0.1) is 6.92 Å². The lowest BCUT2D eigenvalue weighted by Crippen LogP contribution is -2.32. The summed E-state index contributed by atoms with van der Waals surface area (Å²) in [5.74, 6) is 0.767. The molecule has 0 radical (unpaired) electrons. The molecule has 0 atom stereocenters. The summed E-state index contributed by atoms with van der Waals surface area (Å²) in [4.78, 5) is 12.1. The molecule has 2 rings (SSSR count). The molecule has 0 bridgehead atoms. The van der Waals surface area contributed by atoms with Crippen molar-refractivity contribution in [2.45, 2.75) is 32.6 Å². The van der Waals surface area contributed by atoms with Gasteiger partial charge in [0.25, 0.3) is 0 Å². The van der Waals surface area contributed by atoms with Gasteiger partial charge in [-0.1, -0.05) is 29.8 Å². The van der Waals surface area contributed by atoms with E-state index in [4.69, 9.17) is 4.74 Å². The van der Waals surface area contributed by atoms with Crippen molar-refractivity contribution in [1.29, 1.82) is 0 Å². The Balaban J connectivity index is 1.74. The predicted molar refractivity (Wildman–Crippen MR) is 117 cm³/mol. The molecule has 0 aliphatic heterocycles. The first kappa shape index (κ1) is 22.7.